The smallest absolute Gasteiger partial charge is 0.242 e. The van der Waals surface area contributed by atoms with Crippen molar-refractivity contribution in [3.8, 4) is 11.5 Å². The number of nitrogens with zero attached hydrogens (tertiary/aromatic N) is 2. The van der Waals surface area contributed by atoms with E-state index in [1.807, 2.05) is 70.9 Å². The molecule has 5 rings (SSSR count). The van der Waals surface area contributed by atoms with Crippen molar-refractivity contribution in [1.29, 1.82) is 0 Å². The highest BCUT2D eigenvalue weighted by Gasteiger charge is 2.27. The third-order valence-electron chi connectivity index (χ3n) is 6.41. The second-order valence-corrected chi connectivity index (χ2v) is 10.1. The summed E-state index contributed by atoms with van der Waals surface area (Å²) >= 11 is 1.61. The fraction of sp³-hybridized carbons (Fsp3) is 0.357. The molecule has 0 spiro atoms. The van der Waals surface area contributed by atoms with Crippen LogP contribution >= 0.6 is 11.3 Å². The van der Waals surface area contributed by atoms with Crippen molar-refractivity contribution >= 4 is 23.2 Å². The number of carbonyl (C=O) groups excluding carboxylic acids is 2. The molecule has 3 aromatic rings. The second kappa shape index (κ2) is 11.6. The van der Waals surface area contributed by atoms with Gasteiger partial charge in [-0.05, 0) is 47.5 Å². The predicted octanol–water partition coefficient (Wildman–Crippen LogP) is 4.26. The van der Waals surface area contributed by atoms with Crippen LogP contribution in [0.5, 0.6) is 11.5 Å². The zero-order chi connectivity index (χ0) is 24.7. The van der Waals surface area contributed by atoms with E-state index in [1.54, 1.807) is 16.2 Å². The van der Waals surface area contributed by atoms with Crippen LogP contribution in [0.3, 0.4) is 0 Å². The highest BCUT2D eigenvalue weighted by Crippen LogP contribution is 2.33. The average Bonchev–Trinajstić information content (AvgIpc) is 3.67. The molecule has 0 N–H and O–H groups in total. The quantitative estimate of drug-likeness (QED) is 0.411. The Morgan fingerprint density at radius 1 is 0.889 bits per heavy atom. The Bertz CT molecular complexity index is 1160. The van der Waals surface area contributed by atoms with Crippen LogP contribution in [0, 0.1) is 0 Å². The van der Waals surface area contributed by atoms with Crippen molar-refractivity contribution in [2.24, 2.45) is 0 Å². The Morgan fingerprint density at radius 2 is 1.75 bits per heavy atom. The Labute approximate surface area is 215 Å². The summed E-state index contributed by atoms with van der Waals surface area (Å²) in [6.07, 6.45) is 2.11. The highest BCUT2D eigenvalue weighted by atomic mass is 32.1. The molecule has 1 saturated heterocycles. The van der Waals surface area contributed by atoms with E-state index >= 15 is 0 Å². The molecule has 8 heteroatoms. The normalized spacial score (nSPS) is 16.2. The van der Waals surface area contributed by atoms with Crippen LogP contribution in [0.1, 0.15) is 28.8 Å². The van der Waals surface area contributed by atoms with E-state index in [9.17, 15) is 9.59 Å². The second-order valence-electron chi connectivity index (χ2n) is 9.09. The number of carbonyl (C=O) groups is 2. The summed E-state index contributed by atoms with van der Waals surface area (Å²) in [5.74, 6) is 1.24. The van der Waals surface area contributed by atoms with Crippen LogP contribution in [-0.2, 0) is 33.8 Å². The molecule has 3 heterocycles. The molecule has 2 aromatic carbocycles. The van der Waals surface area contributed by atoms with Gasteiger partial charge in [-0.25, -0.2) is 0 Å². The molecule has 7 nitrogen and oxygen atoms in total. The Morgan fingerprint density at radius 3 is 2.53 bits per heavy atom. The number of hydrogen-bond donors (Lipinski definition) is 0. The lowest BCUT2D eigenvalue weighted by molar-refractivity contribution is -0.142. The summed E-state index contributed by atoms with van der Waals surface area (Å²) in [5, 5.41) is 2.01. The predicted molar refractivity (Wildman–Crippen MR) is 137 cm³/mol. The topological polar surface area (TPSA) is 68.3 Å². The first-order chi connectivity index (χ1) is 17.6. The van der Waals surface area contributed by atoms with E-state index in [0.717, 1.165) is 28.8 Å². The Hall–Kier alpha value is -3.36. The van der Waals surface area contributed by atoms with Crippen LogP contribution in [0.2, 0.25) is 0 Å². The van der Waals surface area contributed by atoms with E-state index in [4.69, 9.17) is 14.2 Å². The lowest BCUT2D eigenvalue weighted by Gasteiger charge is -2.29. The van der Waals surface area contributed by atoms with Crippen molar-refractivity contribution in [2.45, 2.75) is 38.5 Å². The maximum atomic E-state index is 13.7. The molecule has 36 heavy (non-hydrogen) atoms. The van der Waals surface area contributed by atoms with Gasteiger partial charge >= 0.3 is 0 Å². The summed E-state index contributed by atoms with van der Waals surface area (Å²) in [6.45, 7) is 2.24. The van der Waals surface area contributed by atoms with E-state index in [1.165, 1.54) is 0 Å². The Balaban J connectivity index is 1.33. The van der Waals surface area contributed by atoms with Gasteiger partial charge < -0.3 is 24.0 Å². The summed E-state index contributed by atoms with van der Waals surface area (Å²) < 4.78 is 16.8. The third-order valence-corrected chi connectivity index (χ3v) is 7.28. The molecule has 188 valence electrons. The zero-order valence-corrected chi connectivity index (χ0v) is 21.0. The van der Waals surface area contributed by atoms with Gasteiger partial charge in [0.15, 0.2) is 11.5 Å². The average molecular weight is 507 g/mol. The summed E-state index contributed by atoms with van der Waals surface area (Å²) in [7, 11) is 0. The van der Waals surface area contributed by atoms with Gasteiger partial charge in [0.1, 0.15) is 0 Å². The van der Waals surface area contributed by atoms with Gasteiger partial charge in [0.05, 0.1) is 25.6 Å². The summed E-state index contributed by atoms with van der Waals surface area (Å²) in [5.41, 5.74) is 1.88. The van der Waals surface area contributed by atoms with Crippen LogP contribution < -0.4 is 9.47 Å². The molecular weight excluding hydrogens is 476 g/mol. The fourth-order valence-electron chi connectivity index (χ4n) is 4.52. The highest BCUT2D eigenvalue weighted by molar-refractivity contribution is 7.09. The van der Waals surface area contributed by atoms with Crippen molar-refractivity contribution < 1.29 is 23.8 Å². The van der Waals surface area contributed by atoms with E-state index in [0.29, 0.717) is 37.7 Å². The molecule has 1 atom stereocenters. The minimum Gasteiger partial charge on any atom is -0.454 e. The molecule has 1 unspecified atom stereocenters. The summed E-state index contributed by atoms with van der Waals surface area (Å²) in [4.78, 5) is 31.6. The maximum absolute atomic E-state index is 13.7. The van der Waals surface area contributed by atoms with Gasteiger partial charge in [0.2, 0.25) is 18.6 Å². The number of rotatable bonds is 10. The van der Waals surface area contributed by atoms with Crippen LogP contribution in [0.15, 0.2) is 66.0 Å². The Kier molecular flexibility index (Phi) is 7.83. The van der Waals surface area contributed by atoms with E-state index < -0.39 is 0 Å². The van der Waals surface area contributed by atoms with Crippen molar-refractivity contribution in [1.82, 2.24) is 9.80 Å². The first kappa shape index (κ1) is 24.3. The molecule has 0 saturated carbocycles. The van der Waals surface area contributed by atoms with Crippen molar-refractivity contribution in [3.05, 3.63) is 82.0 Å². The molecule has 0 bridgehead atoms. The minimum absolute atomic E-state index is 0.0153. The standard InChI is InChI=1S/C28H30N2O5S/c31-27(15-21-6-2-1-3-7-21)30(17-23-8-4-12-33-23)19-28(32)29(18-24-9-5-13-36-24)16-22-10-11-25-26(14-22)35-20-34-25/h1-3,5-7,9-11,13-14,23H,4,8,12,15-20H2. The van der Waals surface area contributed by atoms with Crippen LogP contribution in [0.25, 0.3) is 0 Å². The van der Waals surface area contributed by atoms with Gasteiger partial charge in [-0.3, -0.25) is 9.59 Å². The molecule has 2 aliphatic heterocycles. The molecule has 0 radical (unpaired) electrons. The number of ether oxygens (including phenoxy) is 3. The lowest BCUT2D eigenvalue weighted by atomic mass is 10.1. The number of hydrogen-bond acceptors (Lipinski definition) is 6. The monoisotopic (exact) mass is 506 g/mol. The summed E-state index contributed by atoms with van der Waals surface area (Å²) in [6, 6.07) is 19.4. The van der Waals surface area contributed by atoms with Gasteiger partial charge in [-0.2, -0.15) is 0 Å². The molecular formula is C28H30N2O5S. The minimum atomic E-state index is -0.0968. The molecule has 2 amide bonds. The SMILES string of the molecule is O=C(CN(CC1CCCO1)C(=O)Cc1ccccc1)N(Cc1ccc2c(c1)OCO2)Cc1cccs1. The molecule has 0 aliphatic carbocycles. The van der Waals surface area contributed by atoms with E-state index in [2.05, 4.69) is 0 Å². The number of benzene rings is 2. The van der Waals surface area contributed by atoms with Crippen LogP contribution in [-0.4, -0.2) is 54.2 Å². The number of amides is 2. The van der Waals surface area contributed by atoms with Gasteiger partial charge in [-0.15, -0.1) is 11.3 Å². The fourth-order valence-corrected chi connectivity index (χ4v) is 5.24. The molecule has 1 aromatic heterocycles. The maximum Gasteiger partial charge on any atom is 0.242 e. The van der Waals surface area contributed by atoms with Crippen molar-refractivity contribution in [3.63, 3.8) is 0 Å². The van der Waals surface area contributed by atoms with E-state index in [-0.39, 0.29) is 37.7 Å². The van der Waals surface area contributed by atoms with Crippen LogP contribution in [0.4, 0.5) is 0 Å². The lowest BCUT2D eigenvalue weighted by Crippen LogP contribution is -2.45. The number of thiophene rings is 1. The molecule has 2 aliphatic rings. The zero-order valence-electron chi connectivity index (χ0n) is 20.1. The van der Waals surface area contributed by atoms with Gasteiger partial charge in [-0.1, -0.05) is 42.5 Å². The molecule has 1 fully saturated rings. The first-order valence-corrected chi connectivity index (χ1v) is 13.1. The largest absolute Gasteiger partial charge is 0.454 e. The number of fused-ring (bicyclic) bond motifs is 1. The first-order valence-electron chi connectivity index (χ1n) is 12.3. The third kappa shape index (κ3) is 6.25. The van der Waals surface area contributed by atoms with Crippen molar-refractivity contribution in [2.75, 3.05) is 26.5 Å². The van der Waals surface area contributed by atoms with Gasteiger partial charge in [0, 0.05) is 24.6 Å². The van der Waals surface area contributed by atoms with Gasteiger partial charge in [0.25, 0.3) is 0 Å².